The number of ether oxygens (including phenoxy) is 2. The minimum Gasteiger partial charge on any atom is -0.379 e. The molecule has 12 heteroatoms. The first-order valence-corrected chi connectivity index (χ1v) is 20.2. The van der Waals surface area contributed by atoms with Crippen LogP contribution < -0.4 is 10.6 Å². The van der Waals surface area contributed by atoms with Gasteiger partial charge >= 0.3 is 0 Å². The van der Waals surface area contributed by atoms with Gasteiger partial charge in [0, 0.05) is 114 Å². The lowest BCUT2D eigenvalue weighted by atomic mass is 9.94. The Morgan fingerprint density at radius 3 is 1.39 bits per heavy atom. The van der Waals surface area contributed by atoms with E-state index in [2.05, 4.69) is 54.5 Å². The van der Waals surface area contributed by atoms with Crippen molar-refractivity contribution >= 4 is 23.2 Å². The summed E-state index contributed by atoms with van der Waals surface area (Å²) in [5.41, 5.74) is 10.6. The number of rotatable bonds is 11. The second-order valence-corrected chi connectivity index (χ2v) is 15.4. The summed E-state index contributed by atoms with van der Waals surface area (Å²) in [5, 5.41) is 6.26. The Balaban J connectivity index is 0.889. The lowest BCUT2D eigenvalue weighted by Crippen LogP contribution is -2.42. The SMILES string of the molecule is Cc1c(NC(=O)c2ccc3c(n2)CCN(CCN2CCOCC2)C3)cccc1-c1cccc(NC(=O)c2ccc3c(n2)CCN(CCN2CCOCC2)C3)c1C. The van der Waals surface area contributed by atoms with E-state index in [1.165, 1.54) is 11.1 Å². The van der Waals surface area contributed by atoms with Gasteiger partial charge in [0.2, 0.25) is 0 Å². The third kappa shape index (κ3) is 9.01. The molecule has 2 fully saturated rings. The molecule has 12 nitrogen and oxygen atoms in total. The second-order valence-electron chi connectivity index (χ2n) is 15.4. The number of amides is 2. The molecule has 4 aliphatic rings. The average Bonchev–Trinajstić information content (AvgIpc) is 3.24. The number of morpholine rings is 2. The summed E-state index contributed by atoms with van der Waals surface area (Å²) in [5.74, 6) is -0.447. The van der Waals surface area contributed by atoms with E-state index in [0.717, 1.165) is 163 Å². The number of carbonyl (C=O) groups is 2. The van der Waals surface area contributed by atoms with Gasteiger partial charge in [-0.2, -0.15) is 0 Å². The van der Waals surface area contributed by atoms with Crippen LogP contribution in [0.1, 0.15) is 54.6 Å². The number of hydrogen-bond donors (Lipinski definition) is 2. The third-order valence-electron chi connectivity index (χ3n) is 11.8. The van der Waals surface area contributed by atoms with E-state index in [-0.39, 0.29) is 11.8 Å². The van der Waals surface area contributed by atoms with Crippen molar-refractivity contribution in [1.29, 1.82) is 0 Å². The van der Waals surface area contributed by atoms with Crippen molar-refractivity contribution in [1.82, 2.24) is 29.6 Å². The highest BCUT2D eigenvalue weighted by Gasteiger charge is 2.23. The Bertz CT molecular complexity index is 1900. The van der Waals surface area contributed by atoms with Crippen molar-refractivity contribution in [2.75, 3.05) is 103 Å². The van der Waals surface area contributed by atoms with Crippen molar-refractivity contribution in [3.63, 3.8) is 0 Å². The van der Waals surface area contributed by atoms with E-state index in [4.69, 9.17) is 19.4 Å². The molecule has 294 valence electrons. The smallest absolute Gasteiger partial charge is 0.274 e. The number of nitrogens with zero attached hydrogens (tertiary/aromatic N) is 6. The summed E-state index contributed by atoms with van der Waals surface area (Å²) < 4.78 is 11.0. The van der Waals surface area contributed by atoms with Gasteiger partial charge in [-0.25, -0.2) is 9.97 Å². The minimum atomic E-state index is -0.223. The molecule has 0 unspecified atom stereocenters. The summed E-state index contributed by atoms with van der Waals surface area (Å²) in [7, 11) is 0. The molecule has 2 aromatic carbocycles. The highest BCUT2D eigenvalue weighted by atomic mass is 16.5. The zero-order valence-corrected chi connectivity index (χ0v) is 32.8. The molecule has 2 amide bonds. The summed E-state index contributed by atoms with van der Waals surface area (Å²) in [6.45, 7) is 19.0. The largest absolute Gasteiger partial charge is 0.379 e. The van der Waals surface area contributed by atoms with Gasteiger partial charge < -0.3 is 20.1 Å². The molecule has 0 bridgehead atoms. The van der Waals surface area contributed by atoms with Crippen LogP contribution >= 0.6 is 0 Å². The third-order valence-corrected chi connectivity index (χ3v) is 11.8. The van der Waals surface area contributed by atoms with Gasteiger partial charge in [-0.1, -0.05) is 36.4 Å². The lowest BCUT2D eigenvalue weighted by Gasteiger charge is -2.32. The van der Waals surface area contributed by atoms with E-state index < -0.39 is 0 Å². The molecule has 8 rings (SSSR count). The van der Waals surface area contributed by atoms with Crippen molar-refractivity contribution in [3.8, 4) is 11.1 Å². The quantitative estimate of drug-likeness (QED) is 0.224. The molecule has 0 atom stereocenters. The van der Waals surface area contributed by atoms with E-state index in [1.807, 2.05) is 50.2 Å². The van der Waals surface area contributed by atoms with Crippen molar-refractivity contribution in [2.45, 2.75) is 39.8 Å². The number of carbonyl (C=O) groups excluding carboxylic acids is 2. The summed E-state index contributed by atoms with van der Waals surface area (Å²) in [6, 6.07) is 19.7. The fourth-order valence-electron chi connectivity index (χ4n) is 8.30. The first-order valence-electron chi connectivity index (χ1n) is 20.2. The Morgan fingerprint density at radius 1 is 0.554 bits per heavy atom. The van der Waals surface area contributed by atoms with Gasteiger partial charge in [-0.05, 0) is 71.5 Å². The minimum absolute atomic E-state index is 0.223. The molecule has 4 aromatic rings. The van der Waals surface area contributed by atoms with E-state index in [0.29, 0.717) is 11.4 Å². The molecular formula is C44H54N8O4. The standard InChI is InChI=1S/C44H54N8O4/c1-31-35(5-3-7-37(31)47-43(53)41-11-9-33-29-51(15-13-39(33)45-41)19-17-49-21-25-55-26-22-49)36-6-4-8-38(32(36)2)48-44(54)42-12-10-34-30-52(16-14-40(34)46-42)20-18-50-23-27-56-28-24-50/h3-12H,13-30H2,1-2H3,(H,47,53)(H,48,54). The molecule has 0 saturated carbocycles. The molecule has 0 aliphatic carbocycles. The monoisotopic (exact) mass is 758 g/mol. The predicted octanol–water partition coefficient (Wildman–Crippen LogP) is 4.65. The first-order chi connectivity index (χ1) is 27.4. The van der Waals surface area contributed by atoms with Gasteiger partial charge in [0.1, 0.15) is 11.4 Å². The average molecular weight is 759 g/mol. The zero-order valence-electron chi connectivity index (χ0n) is 32.8. The molecule has 56 heavy (non-hydrogen) atoms. The van der Waals surface area contributed by atoms with E-state index >= 15 is 0 Å². The van der Waals surface area contributed by atoms with Crippen LogP contribution in [0.5, 0.6) is 0 Å². The molecule has 0 radical (unpaired) electrons. The van der Waals surface area contributed by atoms with Gasteiger partial charge in [-0.3, -0.25) is 29.2 Å². The van der Waals surface area contributed by atoms with Crippen LogP contribution in [0.4, 0.5) is 11.4 Å². The Kier molecular flexibility index (Phi) is 12.1. The zero-order chi connectivity index (χ0) is 38.4. The number of anilines is 2. The van der Waals surface area contributed by atoms with E-state index in [1.54, 1.807) is 0 Å². The molecule has 4 aliphatic heterocycles. The number of fused-ring (bicyclic) bond motifs is 2. The van der Waals surface area contributed by atoms with Crippen molar-refractivity contribution in [3.05, 3.63) is 106 Å². The molecule has 2 N–H and O–H groups in total. The maximum atomic E-state index is 13.6. The highest BCUT2D eigenvalue weighted by molar-refractivity contribution is 6.05. The Morgan fingerprint density at radius 2 is 0.964 bits per heavy atom. The molecule has 0 spiro atoms. The fourth-order valence-corrected chi connectivity index (χ4v) is 8.30. The van der Waals surface area contributed by atoms with Crippen molar-refractivity contribution < 1.29 is 19.1 Å². The van der Waals surface area contributed by atoms with Crippen LogP contribution in [0.2, 0.25) is 0 Å². The summed E-state index contributed by atoms with van der Waals surface area (Å²) >= 11 is 0. The van der Waals surface area contributed by atoms with Crippen LogP contribution in [-0.2, 0) is 35.4 Å². The topological polar surface area (TPSA) is 115 Å². The number of aromatic nitrogens is 2. The van der Waals surface area contributed by atoms with Crippen LogP contribution in [-0.4, -0.2) is 133 Å². The molecule has 2 saturated heterocycles. The normalized spacial score (nSPS) is 18.2. The Hall–Kier alpha value is -4.56. The number of pyridine rings is 2. The fraction of sp³-hybridized carbons (Fsp3) is 0.455. The van der Waals surface area contributed by atoms with Gasteiger partial charge in [0.25, 0.3) is 11.8 Å². The molecule has 2 aromatic heterocycles. The second kappa shape index (κ2) is 17.7. The maximum absolute atomic E-state index is 13.6. The molecular weight excluding hydrogens is 705 g/mol. The first kappa shape index (κ1) is 38.3. The van der Waals surface area contributed by atoms with E-state index in [9.17, 15) is 9.59 Å². The van der Waals surface area contributed by atoms with Gasteiger partial charge in [-0.15, -0.1) is 0 Å². The van der Waals surface area contributed by atoms with Gasteiger partial charge in [0.05, 0.1) is 26.4 Å². The predicted molar refractivity (Wildman–Crippen MR) is 218 cm³/mol. The summed E-state index contributed by atoms with van der Waals surface area (Å²) in [6.07, 6.45) is 1.66. The van der Waals surface area contributed by atoms with Crippen LogP contribution in [0.3, 0.4) is 0 Å². The van der Waals surface area contributed by atoms with Crippen LogP contribution in [0.15, 0.2) is 60.7 Å². The number of nitrogens with one attached hydrogen (secondary N) is 2. The maximum Gasteiger partial charge on any atom is 0.274 e. The van der Waals surface area contributed by atoms with Crippen molar-refractivity contribution in [2.24, 2.45) is 0 Å². The van der Waals surface area contributed by atoms with Crippen LogP contribution in [0.25, 0.3) is 11.1 Å². The summed E-state index contributed by atoms with van der Waals surface area (Å²) in [4.78, 5) is 46.6. The number of benzene rings is 2. The Labute approximate surface area is 330 Å². The lowest BCUT2D eigenvalue weighted by molar-refractivity contribution is 0.0326. The number of hydrogen-bond acceptors (Lipinski definition) is 10. The van der Waals surface area contributed by atoms with Gasteiger partial charge in [0.15, 0.2) is 0 Å². The van der Waals surface area contributed by atoms with Crippen LogP contribution in [0, 0.1) is 13.8 Å². The molecule has 6 heterocycles. The highest BCUT2D eigenvalue weighted by Crippen LogP contribution is 2.34.